The number of nitrogens with zero attached hydrogens (tertiary/aromatic N) is 1. The Morgan fingerprint density at radius 1 is 0.818 bits per heavy atom. The van der Waals surface area contributed by atoms with Crippen molar-refractivity contribution < 1.29 is 42.9 Å². The smallest absolute Gasteiger partial charge is 0.303 e. The van der Waals surface area contributed by atoms with Crippen molar-refractivity contribution in [2.75, 3.05) is 6.61 Å². The molecule has 0 bridgehead atoms. The molecule has 176 valence electrons. The Morgan fingerprint density at radius 3 is 2.06 bits per heavy atom. The van der Waals surface area contributed by atoms with E-state index in [1.165, 1.54) is 27.7 Å². The summed E-state index contributed by atoms with van der Waals surface area (Å²) in [6.45, 7) is 4.48. The Kier molecular flexibility index (Phi) is 7.59. The van der Waals surface area contributed by atoms with Gasteiger partial charge >= 0.3 is 23.9 Å². The molecule has 1 aliphatic rings. The third kappa shape index (κ3) is 5.83. The lowest BCUT2D eigenvalue weighted by molar-refractivity contribution is -0.254. The molecule has 0 radical (unpaired) electrons. The summed E-state index contributed by atoms with van der Waals surface area (Å²) in [7, 11) is 0. The second-order valence-corrected chi connectivity index (χ2v) is 7.54. The molecular weight excluding hydrogens is 434 g/mol. The fraction of sp³-hybridized carbons (Fsp3) is 0.435. The van der Waals surface area contributed by atoms with Gasteiger partial charge in [-0.1, -0.05) is 24.3 Å². The van der Waals surface area contributed by atoms with Gasteiger partial charge in [-0.25, -0.2) is 0 Å². The Balaban J connectivity index is 2.14. The number of rotatable bonds is 6. The number of carbonyl (C=O) groups excluding carboxylic acids is 4. The number of carbonyl (C=O) groups is 4. The zero-order valence-electron chi connectivity index (χ0n) is 18.7. The van der Waals surface area contributed by atoms with Crippen LogP contribution in [-0.4, -0.2) is 59.9 Å². The van der Waals surface area contributed by atoms with E-state index in [1.54, 1.807) is 6.20 Å². The van der Waals surface area contributed by atoms with E-state index in [9.17, 15) is 19.2 Å². The minimum absolute atomic E-state index is 0.293. The summed E-state index contributed by atoms with van der Waals surface area (Å²) in [5.41, 5.74) is 0.422. The van der Waals surface area contributed by atoms with Crippen LogP contribution in [-0.2, 0) is 42.9 Å². The van der Waals surface area contributed by atoms with E-state index in [0.29, 0.717) is 5.69 Å². The molecule has 3 rings (SSSR count). The molecule has 1 aromatic carbocycles. The van der Waals surface area contributed by atoms with Crippen LogP contribution in [0.25, 0.3) is 10.8 Å². The maximum Gasteiger partial charge on any atom is 0.303 e. The molecule has 0 amide bonds. The van der Waals surface area contributed by atoms with E-state index in [0.717, 1.165) is 10.8 Å². The monoisotopic (exact) mass is 459 g/mol. The van der Waals surface area contributed by atoms with Crippen LogP contribution in [0.15, 0.2) is 36.5 Å². The minimum Gasteiger partial charge on any atom is -0.463 e. The third-order valence-electron chi connectivity index (χ3n) is 4.96. The second-order valence-electron chi connectivity index (χ2n) is 7.54. The minimum atomic E-state index is -1.24. The van der Waals surface area contributed by atoms with Gasteiger partial charge in [0.15, 0.2) is 18.3 Å². The van der Waals surface area contributed by atoms with Crippen molar-refractivity contribution in [2.24, 2.45) is 0 Å². The summed E-state index contributed by atoms with van der Waals surface area (Å²) in [6, 6.07) is 9.19. The SMILES string of the molecule is CC(=O)OC[C@H]1O[C@H](c2nccc3ccccc23)[C@H](OC(C)=O)[C@@H](OC(C)=O)[C@@H]1OC(C)=O. The summed E-state index contributed by atoms with van der Waals surface area (Å²) >= 11 is 0. The molecule has 1 aliphatic heterocycles. The number of pyridine rings is 1. The average molecular weight is 459 g/mol. The van der Waals surface area contributed by atoms with Crippen molar-refractivity contribution in [3.8, 4) is 0 Å². The summed E-state index contributed by atoms with van der Waals surface area (Å²) in [4.78, 5) is 51.7. The lowest BCUT2D eigenvalue weighted by Crippen LogP contribution is -2.59. The summed E-state index contributed by atoms with van der Waals surface area (Å²) < 4.78 is 27.7. The number of esters is 4. The van der Waals surface area contributed by atoms with Gasteiger partial charge in [-0.15, -0.1) is 0 Å². The van der Waals surface area contributed by atoms with E-state index >= 15 is 0 Å². The van der Waals surface area contributed by atoms with E-state index in [1.807, 2.05) is 30.3 Å². The molecule has 2 heterocycles. The topological polar surface area (TPSA) is 127 Å². The predicted molar refractivity (Wildman–Crippen MR) is 113 cm³/mol. The van der Waals surface area contributed by atoms with Gasteiger partial charge in [-0.3, -0.25) is 24.2 Å². The summed E-state index contributed by atoms with van der Waals surface area (Å²) in [5, 5.41) is 1.58. The van der Waals surface area contributed by atoms with Gasteiger partial charge in [-0.2, -0.15) is 0 Å². The highest BCUT2D eigenvalue weighted by Gasteiger charge is 2.53. The van der Waals surface area contributed by atoms with Crippen LogP contribution in [0.3, 0.4) is 0 Å². The first-order valence-corrected chi connectivity index (χ1v) is 10.3. The lowest BCUT2D eigenvalue weighted by Gasteiger charge is -2.44. The number of fused-ring (bicyclic) bond motifs is 1. The number of aromatic nitrogens is 1. The maximum atomic E-state index is 12.0. The Bertz CT molecular complexity index is 1050. The lowest BCUT2D eigenvalue weighted by atomic mass is 9.91. The van der Waals surface area contributed by atoms with Crippen molar-refractivity contribution >= 4 is 34.6 Å². The standard InChI is InChI=1S/C23H25NO9/c1-12(25)29-11-18-20(30-13(2)26)22(31-14(3)27)23(32-15(4)28)21(33-18)19-17-8-6-5-7-16(17)9-10-24-19/h5-10,18,20-23H,11H2,1-4H3/t18-,20-,21-,22+,23+/m1/s1. The first-order valence-electron chi connectivity index (χ1n) is 10.3. The van der Waals surface area contributed by atoms with E-state index < -0.39 is 54.4 Å². The van der Waals surface area contributed by atoms with Gasteiger partial charge in [0, 0.05) is 39.3 Å². The molecular formula is C23H25NO9. The molecule has 0 aliphatic carbocycles. The van der Waals surface area contributed by atoms with Gasteiger partial charge in [0.2, 0.25) is 0 Å². The molecule has 33 heavy (non-hydrogen) atoms. The van der Waals surface area contributed by atoms with Crippen molar-refractivity contribution in [2.45, 2.75) is 58.2 Å². The number of hydrogen-bond donors (Lipinski definition) is 0. The van der Waals surface area contributed by atoms with Gasteiger partial charge in [0.25, 0.3) is 0 Å². The highest BCUT2D eigenvalue weighted by atomic mass is 16.7. The van der Waals surface area contributed by atoms with Crippen LogP contribution < -0.4 is 0 Å². The number of hydrogen-bond acceptors (Lipinski definition) is 10. The first kappa shape index (κ1) is 24.1. The molecule has 2 aromatic rings. The molecule has 10 nitrogen and oxygen atoms in total. The first-order chi connectivity index (χ1) is 15.7. The molecule has 0 saturated carbocycles. The predicted octanol–water partition coefficient (Wildman–Crippen LogP) is 2.03. The Hall–Kier alpha value is -3.53. The Labute approximate surface area is 190 Å². The van der Waals surface area contributed by atoms with E-state index in [-0.39, 0.29) is 6.61 Å². The average Bonchev–Trinajstić information content (AvgIpc) is 2.74. The fourth-order valence-electron chi connectivity index (χ4n) is 3.82. The van der Waals surface area contributed by atoms with Crippen LogP contribution in [0.4, 0.5) is 0 Å². The molecule has 0 N–H and O–H groups in total. The quantitative estimate of drug-likeness (QED) is 0.468. The second kappa shape index (κ2) is 10.4. The summed E-state index contributed by atoms with van der Waals surface area (Å²) in [6.07, 6.45) is -4.11. The highest BCUT2D eigenvalue weighted by Crippen LogP contribution is 2.39. The van der Waals surface area contributed by atoms with Crippen LogP contribution >= 0.6 is 0 Å². The molecule has 5 atom stereocenters. The van der Waals surface area contributed by atoms with Crippen molar-refractivity contribution in [3.63, 3.8) is 0 Å². The third-order valence-corrected chi connectivity index (χ3v) is 4.96. The maximum absolute atomic E-state index is 12.0. The van der Waals surface area contributed by atoms with Gasteiger partial charge in [-0.05, 0) is 11.5 Å². The van der Waals surface area contributed by atoms with Crippen LogP contribution in [0.5, 0.6) is 0 Å². The Morgan fingerprint density at radius 2 is 1.42 bits per heavy atom. The molecule has 1 saturated heterocycles. The number of ether oxygens (including phenoxy) is 5. The van der Waals surface area contributed by atoms with E-state index in [2.05, 4.69) is 4.98 Å². The zero-order chi connectivity index (χ0) is 24.1. The van der Waals surface area contributed by atoms with Crippen LogP contribution in [0, 0.1) is 0 Å². The number of benzene rings is 1. The molecule has 10 heteroatoms. The van der Waals surface area contributed by atoms with Gasteiger partial charge in [0.05, 0.1) is 5.69 Å². The molecule has 1 aromatic heterocycles. The van der Waals surface area contributed by atoms with E-state index in [4.69, 9.17) is 23.7 Å². The molecule has 1 fully saturated rings. The van der Waals surface area contributed by atoms with Crippen LogP contribution in [0.2, 0.25) is 0 Å². The zero-order valence-corrected chi connectivity index (χ0v) is 18.7. The van der Waals surface area contributed by atoms with Crippen LogP contribution in [0.1, 0.15) is 39.5 Å². The molecule has 0 unspecified atom stereocenters. The highest BCUT2D eigenvalue weighted by molar-refractivity contribution is 5.84. The van der Waals surface area contributed by atoms with Crippen molar-refractivity contribution in [3.05, 3.63) is 42.2 Å². The van der Waals surface area contributed by atoms with Gasteiger partial charge in [0.1, 0.15) is 18.8 Å². The summed E-state index contributed by atoms with van der Waals surface area (Å²) in [5.74, 6) is -2.61. The van der Waals surface area contributed by atoms with Crippen molar-refractivity contribution in [1.29, 1.82) is 0 Å². The fourth-order valence-corrected chi connectivity index (χ4v) is 3.82. The van der Waals surface area contributed by atoms with Gasteiger partial charge < -0.3 is 23.7 Å². The van der Waals surface area contributed by atoms with Crippen molar-refractivity contribution in [1.82, 2.24) is 4.98 Å². The largest absolute Gasteiger partial charge is 0.463 e. The molecule has 0 spiro atoms. The normalized spacial score (nSPS) is 24.5.